The van der Waals surface area contributed by atoms with E-state index in [1.165, 1.54) is 5.56 Å². The van der Waals surface area contributed by atoms with E-state index < -0.39 is 0 Å². The van der Waals surface area contributed by atoms with Crippen LogP contribution in [0.1, 0.15) is 37.7 Å². The van der Waals surface area contributed by atoms with Gasteiger partial charge < -0.3 is 15.1 Å². The van der Waals surface area contributed by atoms with E-state index in [9.17, 15) is 9.59 Å². The Labute approximate surface area is 168 Å². The number of carbonyl (C=O) groups excluding carboxylic acids is 2. The van der Waals surface area contributed by atoms with Gasteiger partial charge in [-0.15, -0.1) is 12.4 Å². The van der Waals surface area contributed by atoms with Gasteiger partial charge in [0.1, 0.15) is 0 Å². The summed E-state index contributed by atoms with van der Waals surface area (Å²) in [5.41, 5.74) is 1.20. The summed E-state index contributed by atoms with van der Waals surface area (Å²) in [6.45, 7) is 3.14. The number of piperidine rings is 2. The van der Waals surface area contributed by atoms with Gasteiger partial charge in [0.25, 0.3) is 0 Å². The van der Waals surface area contributed by atoms with Crippen molar-refractivity contribution in [1.82, 2.24) is 15.1 Å². The molecule has 0 aliphatic carbocycles. The van der Waals surface area contributed by atoms with Crippen molar-refractivity contribution in [3.05, 3.63) is 35.9 Å². The number of amides is 2. The smallest absolute Gasteiger partial charge is 0.225 e. The molecule has 6 heteroatoms. The minimum absolute atomic E-state index is 0. The molecule has 3 rings (SSSR count). The van der Waals surface area contributed by atoms with Crippen molar-refractivity contribution in [3.63, 3.8) is 0 Å². The van der Waals surface area contributed by atoms with Gasteiger partial charge in [-0.2, -0.15) is 0 Å². The van der Waals surface area contributed by atoms with E-state index in [1.807, 2.05) is 35.0 Å². The minimum Gasteiger partial charge on any atom is -0.343 e. The number of rotatable bonds is 5. The van der Waals surface area contributed by atoms with Crippen LogP contribution in [0.15, 0.2) is 30.3 Å². The second-order valence-electron chi connectivity index (χ2n) is 7.55. The van der Waals surface area contributed by atoms with E-state index in [-0.39, 0.29) is 24.2 Å². The molecule has 2 amide bonds. The van der Waals surface area contributed by atoms with Crippen LogP contribution in [0.2, 0.25) is 0 Å². The number of carbonyl (C=O) groups is 2. The number of benzene rings is 1. The lowest BCUT2D eigenvalue weighted by Gasteiger charge is -2.37. The molecule has 0 saturated carbocycles. The van der Waals surface area contributed by atoms with Crippen LogP contribution in [0.3, 0.4) is 0 Å². The summed E-state index contributed by atoms with van der Waals surface area (Å²) in [6, 6.07) is 10.6. The van der Waals surface area contributed by atoms with E-state index in [4.69, 9.17) is 0 Å². The highest BCUT2D eigenvalue weighted by Gasteiger charge is 2.32. The number of nitrogens with one attached hydrogen (secondary N) is 1. The Balaban J connectivity index is 0.00000261. The lowest BCUT2D eigenvalue weighted by molar-refractivity contribution is -0.141. The molecule has 1 unspecified atom stereocenters. The number of nitrogens with zero attached hydrogens (tertiary/aromatic N) is 2. The van der Waals surface area contributed by atoms with Crippen LogP contribution in [0.5, 0.6) is 0 Å². The van der Waals surface area contributed by atoms with Crippen LogP contribution in [0.4, 0.5) is 0 Å². The number of hydrogen-bond donors (Lipinski definition) is 1. The van der Waals surface area contributed by atoms with Crippen molar-refractivity contribution >= 4 is 24.2 Å². The number of hydrogen-bond acceptors (Lipinski definition) is 3. The topological polar surface area (TPSA) is 52.7 Å². The number of likely N-dealkylation sites (tertiary alicyclic amines) is 2. The summed E-state index contributed by atoms with van der Waals surface area (Å²) in [5.74, 6) is 0.595. The van der Waals surface area contributed by atoms with Crippen molar-refractivity contribution in [2.24, 2.45) is 5.92 Å². The number of halogens is 1. The van der Waals surface area contributed by atoms with Gasteiger partial charge in [-0.05, 0) is 44.7 Å². The molecule has 0 bridgehead atoms. The molecular weight excluding hydrogens is 362 g/mol. The van der Waals surface area contributed by atoms with Gasteiger partial charge in [-0.3, -0.25) is 9.59 Å². The summed E-state index contributed by atoms with van der Waals surface area (Å²) in [7, 11) is 1.97. The first-order valence-electron chi connectivity index (χ1n) is 9.95. The molecule has 2 fully saturated rings. The van der Waals surface area contributed by atoms with E-state index >= 15 is 0 Å². The molecule has 1 N–H and O–H groups in total. The predicted octanol–water partition coefficient (Wildman–Crippen LogP) is 2.49. The maximum absolute atomic E-state index is 12.8. The van der Waals surface area contributed by atoms with Gasteiger partial charge >= 0.3 is 0 Å². The van der Waals surface area contributed by atoms with Gasteiger partial charge in [-0.1, -0.05) is 30.3 Å². The van der Waals surface area contributed by atoms with Gasteiger partial charge in [0.2, 0.25) is 11.8 Å². The maximum atomic E-state index is 12.8. The number of likely N-dealkylation sites (N-methyl/N-ethyl adjacent to an activating group) is 1. The van der Waals surface area contributed by atoms with E-state index in [2.05, 4.69) is 17.4 Å². The van der Waals surface area contributed by atoms with Gasteiger partial charge in [0.15, 0.2) is 0 Å². The average molecular weight is 394 g/mol. The molecule has 1 aromatic carbocycles. The van der Waals surface area contributed by atoms with Crippen molar-refractivity contribution in [2.75, 3.05) is 33.2 Å². The second kappa shape index (κ2) is 10.7. The number of aryl methyl sites for hydroxylation is 1. The Hall–Kier alpha value is -1.59. The summed E-state index contributed by atoms with van der Waals surface area (Å²) in [6.07, 6.45) is 5.17. The Bertz CT molecular complexity index is 603. The van der Waals surface area contributed by atoms with Gasteiger partial charge in [0, 0.05) is 44.6 Å². The normalized spacial score (nSPS) is 20.9. The molecule has 0 aromatic heterocycles. The first kappa shape index (κ1) is 21.7. The van der Waals surface area contributed by atoms with Crippen molar-refractivity contribution < 1.29 is 9.59 Å². The zero-order valence-corrected chi connectivity index (χ0v) is 17.0. The third-order valence-electron chi connectivity index (χ3n) is 5.81. The van der Waals surface area contributed by atoms with Crippen molar-refractivity contribution in [2.45, 2.75) is 44.6 Å². The minimum atomic E-state index is 0. The quantitative estimate of drug-likeness (QED) is 0.836. The third kappa shape index (κ3) is 5.94. The van der Waals surface area contributed by atoms with Crippen molar-refractivity contribution in [3.8, 4) is 0 Å². The van der Waals surface area contributed by atoms with Crippen LogP contribution in [0, 0.1) is 5.92 Å². The van der Waals surface area contributed by atoms with E-state index in [0.29, 0.717) is 31.5 Å². The lowest BCUT2D eigenvalue weighted by atomic mass is 9.93. The summed E-state index contributed by atoms with van der Waals surface area (Å²) < 4.78 is 0. The third-order valence-corrected chi connectivity index (χ3v) is 5.81. The molecule has 5 nitrogen and oxygen atoms in total. The Morgan fingerprint density at radius 1 is 1.04 bits per heavy atom. The van der Waals surface area contributed by atoms with Crippen LogP contribution in [-0.4, -0.2) is 60.9 Å². The first-order chi connectivity index (χ1) is 12.7. The Morgan fingerprint density at radius 3 is 2.41 bits per heavy atom. The fourth-order valence-corrected chi connectivity index (χ4v) is 4.10. The molecule has 27 heavy (non-hydrogen) atoms. The fraction of sp³-hybridized carbons (Fsp3) is 0.619. The molecule has 0 radical (unpaired) electrons. The zero-order valence-electron chi connectivity index (χ0n) is 16.2. The van der Waals surface area contributed by atoms with Gasteiger partial charge in [0.05, 0.1) is 0 Å². The molecule has 1 atom stereocenters. The second-order valence-corrected chi connectivity index (χ2v) is 7.55. The Kier molecular flexibility index (Phi) is 8.58. The zero-order chi connectivity index (χ0) is 18.4. The Morgan fingerprint density at radius 2 is 1.74 bits per heavy atom. The first-order valence-corrected chi connectivity index (χ1v) is 9.95. The van der Waals surface area contributed by atoms with Crippen LogP contribution in [-0.2, 0) is 16.0 Å². The van der Waals surface area contributed by atoms with E-state index in [0.717, 1.165) is 45.2 Å². The molecule has 150 valence electrons. The highest BCUT2D eigenvalue weighted by molar-refractivity contribution is 5.85. The maximum Gasteiger partial charge on any atom is 0.225 e. The molecule has 0 spiro atoms. The average Bonchev–Trinajstić information content (AvgIpc) is 2.72. The summed E-state index contributed by atoms with van der Waals surface area (Å²) >= 11 is 0. The van der Waals surface area contributed by atoms with Crippen LogP contribution >= 0.6 is 12.4 Å². The van der Waals surface area contributed by atoms with Crippen LogP contribution in [0.25, 0.3) is 0 Å². The largest absolute Gasteiger partial charge is 0.343 e. The SMILES string of the molecule is CNC1CCCN(C(=O)C2CCN(C(=O)CCc3ccccc3)CC2)C1.Cl. The molecular formula is C21H32ClN3O2. The predicted molar refractivity (Wildman–Crippen MR) is 110 cm³/mol. The molecule has 2 aliphatic heterocycles. The van der Waals surface area contributed by atoms with Gasteiger partial charge in [-0.25, -0.2) is 0 Å². The fourth-order valence-electron chi connectivity index (χ4n) is 4.10. The standard InChI is InChI=1S/C21H31N3O2.ClH/c1-22-19-8-5-13-24(16-19)21(26)18-11-14-23(15-12-18)20(25)10-9-17-6-3-2-4-7-17;/h2-4,6-7,18-19,22H,5,8-16H2,1H3;1H. The molecule has 2 aliphatic rings. The molecule has 1 aromatic rings. The van der Waals surface area contributed by atoms with Crippen molar-refractivity contribution in [1.29, 1.82) is 0 Å². The monoisotopic (exact) mass is 393 g/mol. The molecule has 2 saturated heterocycles. The summed E-state index contributed by atoms with van der Waals surface area (Å²) in [4.78, 5) is 29.2. The molecule has 2 heterocycles. The highest BCUT2D eigenvalue weighted by Crippen LogP contribution is 2.22. The lowest BCUT2D eigenvalue weighted by Crippen LogP contribution is -2.50. The van der Waals surface area contributed by atoms with E-state index in [1.54, 1.807) is 0 Å². The van der Waals surface area contributed by atoms with Crippen LogP contribution < -0.4 is 5.32 Å². The summed E-state index contributed by atoms with van der Waals surface area (Å²) in [5, 5.41) is 3.29. The highest BCUT2D eigenvalue weighted by atomic mass is 35.5.